The zero-order valence-electron chi connectivity index (χ0n) is 13.5. The first-order valence-electron chi connectivity index (χ1n) is 7.55. The fourth-order valence-electron chi connectivity index (χ4n) is 2.17. The zero-order valence-corrected chi connectivity index (χ0v) is 12.5. The van der Waals surface area contributed by atoms with E-state index in [4.69, 9.17) is 1.37 Å². The molecule has 0 bridgehead atoms. The summed E-state index contributed by atoms with van der Waals surface area (Å²) < 4.78 is 9.88. The van der Waals surface area contributed by atoms with Crippen molar-refractivity contribution in [2.24, 2.45) is 0 Å². The van der Waals surface area contributed by atoms with Crippen molar-refractivity contribution in [2.45, 2.75) is 26.2 Å². The van der Waals surface area contributed by atoms with Gasteiger partial charge in [-0.25, -0.2) is 4.68 Å². The number of benzene rings is 2. The molecule has 0 aliphatic heterocycles. The number of rotatable bonds is 2. The monoisotopic (exact) mass is 278 g/mol. The van der Waals surface area contributed by atoms with Gasteiger partial charge in [0.1, 0.15) is 5.69 Å². The molecule has 0 saturated heterocycles. The van der Waals surface area contributed by atoms with E-state index in [1.165, 1.54) is 5.56 Å². The maximum atomic E-state index is 8.32. The van der Waals surface area contributed by atoms with Crippen LogP contribution in [-0.2, 0) is 5.41 Å². The Bertz CT molecular complexity index is 768. The van der Waals surface area contributed by atoms with Gasteiger partial charge in [-0.15, -0.1) is 5.10 Å². The van der Waals surface area contributed by atoms with Gasteiger partial charge >= 0.3 is 0 Å². The molecule has 3 heteroatoms. The number of aromatic nitrogens is 3. The van der Waals surface area contributed by atoms with Crippen molar-refractivity contribution in [2.75, 3.05) is 0 Å². The van der Waals surface area contributed by atoms with Gasteiger partial charge < -0.3 is 0 Å². The van der Waals surface area contributed by atoms with Crippen molar-refractivity contribution >= 4 is 0 Å². The minimum absolute atomic E-state index is 0.111. The third-order valence-electron chi connectivity index (χ3n) is 3.47. The summed E-state index contributed by atoms with van der Waals surface area (Å²) in [7, 11) is 0. The van der Waals surface area contributed by atoms with Gasteiger partial charge in [0.2, 0.25) is 0 Å². The Labute approximate surface area is 126 Å². The minimum atomic E-state index is 0.111. The fourth-order valence-corrected chi connectivity index (χ4v) is 2.17. The molecular formula is C18H19N3. The van der Waals surface area contributed by atoms with Crippen LogP contribution in [0.4, 0.5) is 0 Å². The summed E-state index contributed by atoms with van der Waals surface area (Å²) in [5, 5.41) is 8.29. The van der Waals surface area contributed by atoms with Crippen LogP contribution in [0.2, 0.25) is 0 Å². The summed E-state index contributed by atoms with van der Waals surface area (Å²) in [6.07, 6.45) is 0.301. The molecule has 0 radical (unpaired) electrons. The van der Waals surface area contributed by atoms with E-state index in [1.807, 2.05) is 42.5 Å². The van der Waals surface area contributed by atoms with Gasteiger partial charge in [-0.1, -0.05) is 68.4 Å². The number of hydrogen-bond acceptors (Lipinski definition) is 2. The van der Waals surface area contributed by atoms with E-state index in [9.17, 15) is 0 Å². The van der Waals surface area contributed by atoms with Gasteiger partial charge in [0.15, 0.2) is 0 Å². The van der Waals surface area contributed by atoms with Gasteiger partial charge in [-0.05, 0) is 23.1 Å². The highest BCUT2D eigenvalue weighted by atomic mass is 15.4. The van der Waals surface area contributed by atoms with Crippen LogP contribution in [0.3, 0.4) is 0 Å². The smallest absolute Gasteiger partial charge is 0.113 e. The zero-order chi connectivity index (χ0) is 15.7. The van der Waals surface area contributed by atoms with E-state index in [2.05, 4.69) is 43.2 Å². The van der Waals surface area contributed by atoms with Crippen LogP contribution in [-0.4, -0.2) is 15.0 Å². The number of nitrogens with zero attached hydrogens (tertiary/aromatic N) is 3. The summed E-state index contributed by atoms with van der Waals surface area (Å²) in [6.45, 7) is 6.54. The van der Waals surface area contributed by atoms with Crippen molar-refractivity contribution in [3.63, 3.8) is 0 Å². The van der Waals surface area contributed by atoms with E-state index < -0.39 is 0 Å². The van der Waals surface area contributed by atoms with Crippen LogP contribution in [0.15, 0.2) is 60.8 Å². The molecule has 2 aromatic carbocycles. The highest BCUT2D eigenvalue weighted by Gasteiger charge is 2.13. The second-order valence-electron chi connectivity index (χ2n) is 6.12. The van der Waals surface area contributed by atoms with Crippen molar-refractivity contribution < 1.29 is 1.37 Å². The molecule has 1 aromatic heterocycles. The Kier molecular flexibility index (Phi) is 3.03. The standard InChI is InChI=1S/C18H19N3/c1-18(2,3)15-9-11-16(12-10-15)21-13-17(19-20-21)14-7-5-4-6-8-14/h4-13H,1-3H3/i13D. The highest BCUT2D eigenvalue weighted by Crippen LogP contribution is 2.23. The first-order chi connectivity index (χ1) is 10.5. The van der Waals surface area contributed by atoms with Crippen LogP contribution in [0.1, 0.15) is 27.7 Å². The Balaban J connectivity index is 1.98. The lowest BCUT2D eigenvalue weighted by molar-refractivity contribution is 0.590. The lowest BCUT2D eigenvalue weighted by Gasteiger charge is -2.18. The Hall–Kier alpha value is -2.42. The summed E-state index contributed by atoms with van der Waals surface area (Å²) in [5.41, 5.74) is 3.73. The van der Waals surface area contributed by atoms with Gasteiger partial charge in [-0.3, -0.25) is 0 Å². The first-order valence-corrected chi connectivity index (χ1v) is 7.05. The molecule has 0 aliphatic carbocycles. The normalized spacial score (nSPS) is 12.2. The summed E-state index contributed by atoms with van der Waals surface area (Å²) in [4.78, 5) is 0. The predicted octanol–water partition coefficient (Wildman–Crippen LogP) is 4.23. The Morgan fingerprint density at radius 3 is 2.24 bits per heavy atom. The SMILES string of the molecule is [2H]c1c(-c2ccccc2)nnn1-c1ccc(C(C)(C)C)cc1. The molecule has 3 rings (SSSR count). The second-order valence-corrected chi connectivity index (χ2v) is 6.12. The highest BCUT2D eigenvalue weighted by molar-refractivity contribution is 5.57. The minimum Gasteiger partial charge on any atom is -0.220 e. The van der Waals surface area contributed by atoms with Crippen LogP contribution < -0.4 is 0 Å². The molecule has 0 atom stereocenters. The van der Waals surface area contributed by atoms with Gasteiger partial charge in [0, 0.05) is 5.56 Å². The topological polar surface area (TPSA) is 30.7 Å². The second kappa shape index (κ2) is 5.17. The van der Waals surface area contributed by atoms with Gasteiger partial charge in [0.05, 0.1) is 13.2 Å². The molecule has 3 aromatic rings. The maximum absolute atomic E-state index is 8.32. The average molecular weight is 278 g/mol. The molecule has 21 heavy (non-hydrogen) atoms. The Morgan fingerprint density at radius 1 is 0.952 bits per heavy atom. The van der Waals surface area contributed by atoms with E-state index >= 15 is 0 Å². The van der Waals surface area contributed by atoms with Crippen LogP contribution >= 0.6 is 0 Å². The van der Waals surface area contributed by atoms with Crippen molar-refractivity contribution in [3.8, 4) is 16.9 Å². The van der Waals surface area contributed by atoms with E-state index in [1.54, 1.807) is 4.68 Å². The van der Waals surface area contributed by atoms with Gasteiger partial charge in [-0.2, -0.15) is 0 Å². The first kappa shape index (κ1) is 12.3. The molecule has 0 amide bonds. The molecule has 0 spiro atoms. The van der Waals surface area contributed by atoms with Gasteiger partial charge in [0.25, 0.3) is 0 Å². The van der Waals surface area contributed by atoms with Crippen molar-refractivity contribution in [1.82, 2.24) is 15.0 Å². The predicted molar refractivity (Wildman–Crippen MR) is 85.5 cm³/mol. The average Bonchev–Trinajstić information content (AvgIpc) is 2.89. The van der Waals surface area contributed by atoms with E-state index in [0.29, 0.717) is 11.9 Å². The fraction of sp³-hybridized carbons (Fsp3) is 0.222. The molecule has 0 N–H and O–H groups in total. The summed E-state index contributed by atoms with van der Waals surface area (Å²) >= 11 is 0. The van der Waals surface area contributed by atoms with Crippen LogP contribution in [0.5, 0.6) is 0 Å². The molecule has 0 unspecified atom stereocenters. The largest absolute Gasteiger partial charge is 0.220 e. The van der Waals surface area contributed by atoms with Crippen LogP contribution in [0, 0.1) is 0 Å². The van der Waals surface area contributed by atoms with E-state index in [0.717, 1.165) is 11.3 Å². The molecule has 106 valence electrons. The third-order valence-corrected chi connectivity index (χ3v) is 3.47. The van der Waals surface area contributed by atoms with Crippen molar-refractivity contribution in [3.05, 3.63) is 66.3 Å². The molecule has 0 saturated carbocycles. The molecule has 1 heterocycles. The lowest BCUT2D eigenvalue weighted by atomic mass is 9.87. The summed E-state index contributed by atoms with van der Waals surface area (Å²) in [5.74, 6) is 0. The Morgan fingerprint density at radius 2 is 1.62 bits per heavy atom. The molecule has 0 fully saturated rings. The lowest BCUT2D eigenvalue weighted by Crippen LogP contribution is -2.10. The van der Waals surface area contributed by atoms with E-state index in [-0.39, 0.29) is 5.41 Å². The molecule has 0 aliphatic rings. The quantitative estimate of drug-likeness (QED) is 0.702. The number of hydrogen-bond donors (Lipinski definition) is 0. The van der Waals surface area contributed by atoms with Crippen LogP contribution in [0.25, 0.3) is 16.9 Å². The third kappa shape index (κ3) is 2.87. The molecule has 3 nitrogen and oxygen atoms in total. The maximum Gasteiger partial charge on any atom is 0.113 e. The summed E-state index contributed by atoms with van der Waals surface area (Å²) in [6, 6.07) is 17.8. The molecular weight excluding hydrogens is 258 g/mol. The van der Waals surface area contributed by atoms with Crippen molar-refractivity contribution in [1.29, 1.82) is 0 Å².